The zero-order chi connectivity index (χ0) is 13.7. The standard InChI is InChI=1S/C10H6ClF5S2/c11-10-6-5-9(17-10)7-1-3-8(4-2-7)18(12,13,14,15)16/h1-6H. The van der Waals surface area contributed by atoms with E-state index >= 15 is 0 Å². The summed E-state index contributed by atoms with van der Waals surface area (Å²) in [7, 11) is -9.58. The summed E-state index contributed by atoms with van der Waals surface area (Å²) in [6, 6.07) is 6.00. The van der Waals surface area contributed by atoms with Gasteiger partial charge < -0.3 is 0 Å². The summed E-state index contributed by atoms with van der Waals surface area (Å²) < 4.78 is 62.8. The first-order valence-corrected chi connectivity index (χ1v) is 7.70. The molecule has 0 saturated carbocycles. The molecule has 0 nitrogen and oxygen atoms in total. The number of hydrogen-bond donors (Lipinski definition) is 0. The summed E-state index contributed by atoms with van der Waals surface area (Å²) in [5.74, 6) is 0. The van der Waals surface area contributed by atoms with Gasteiger partial charge in [0.1, 0.15) is 4.90 Å². The minimum atomic E-state index is -9.58. The third-order valence-electron chi connectivity index (χ3n) is 2.16. The van der Waals surface area contributed by atoms with Gasteiger partial charge in [-0.15, -0.1) is 11.3 Å². The van der Waals surface area contributed by atoms with Crippen LogP contribution in [0.15, 0.2) is 41.3 Å². The Morgan fingerprint density at radius 3 is 1.78 bits per heavy atom. The molecule has 0 bridgehead atoms. The summed E-state index contributed by atoms with van der Waals surface area (Å²) in [5.41, 5.74) is 0.414. The van der Waals surface area contributed by atoms with Crippen LogP contribution in [-0.4, -0.2) is 0 Å². The van der Waals surface area contributed by atoms with Crippen molar-refractivity contribution >= 4 is 33.2 Å². The van der Waals surface area contributed by atoms with E-state index in [0.29, 0.717) is 26.9 Å². The van der Waals surface area contributed by atoms with Crippen molar-refractivity contribution in [1.82, 2.24) is 0 Å². The monoisotopic (exact) mass is 320 g/mol. The predicted molar refractivity (Wildman–Crippen MR) is 66.2 cm³/mol. The molecule has 0 N–H and O–H groups in total. The van der Waals surface area contributed by atoms with Crippen LogP contribution < -0.4 is 0 Å². The maximum atomic E-state index is 12.5. The van der Waals surface area contributed by atoms with Crippen LogP contribution in [-0.2, 0) is 0 Å². The van der Waals surface area contributed by atoms with E-state index in [2.05, 4.69) is 0 Å². The van der Waals surface area contributed by atoms with Gasteiger partial charge in [0.05, 0.1) is 4.34 Å². The van der Waals surface area contributed by atoms with Crippen LogP contribution in [0.1, 0.15) is 0 Å². The molecule has 1 aromatic carbocycles. The molecule has 0 aliphatic carbocycles. The summed E-state index contributed by atoms with van der Waals surface area (Å²) in [5, 5.41) is 0. The van der Waals surface area contributed by atoms with Crippen molar-refractivity contribution in [1.29, 1.82) is 0 Å². The SMILES string of the molecule is FS(F)(F)(F)(F)c1ccc(-c2ccc(Cl)s2)cc1. The average Bonchev–Trinajstić information content (AvgIpc) is 2.62. The Hall–Kier alpha value is -0.790. The van der Waals surface area contributed by atoms with E-state index in [0.717, 1.165) is 23.5 Å². The zero-order valence-corrected chi connectivity index (χ0v) is 10.9. The van der Waals surface area contributed by atoms with Gasteiger partial charge in [0.15, 0.2) is 0 Å². The van der Waals surface area contributed by atoms with Crippen LogP contribution in [0.25, 0.3) is 10.4 Å². The van der Waals surface area contributed by atoms with Crippen LogP contribution in [0.4, 0.5) is 19.4 Å². The van der Waals surface area contributed by atoms with Crippen molar-refractivity contribution in [3.63, 3.8) is 0 Å². The molecule has 0 unspecified atom stereocenters. The second-order valence-corrected chi connectivity index (χ2v) is 7.72. The molecule has 0 radical (unpaired) electrons. The first-order valence-electron chi connectivity index (χ1n) is 4.55. The lowest BCUT2D eigenvalue weighted by molar-refractivity contribution is 0.364. The highest BCUT2D eigenvalue weighted by atomic mass is 35.5. The quantitative estimate of drug-likeness (QED) is 0.538. The fourth-order valence-electron chi connectivity index (χ4n) is 1.35. The lowest BCUT2D eigenvalue weighted by Gasteiger charge is -2.40. The minimum absolute atomic E-state index is 0.393. The Balaban J connectivity index is 2.44. The predicted octanol–water partition coefficient (Wildman–Crippen LogP) is 6.73. The largest absolute Gasteiger partial charge is 0.310 e. The molecule has 1 aromatic heterocycles. The second kappa shape index (κ2) is 3.40. The third kappa shape index (κ3) is 2.96. The van der Waals surface area contributed by atoms with Crippen LogP contribution in [0.3, 0.4) is 0 Å². The average molecular weight is 321 g/mol. The highest BCUT2D eigenvalue weighted by molar-refractivity contribution is 8.45. The van der Waals surface area contributed by atoms with Gasteiger partial charge in [-0.25, -0.2) is 0 Å². The maximum Gasteiger partial charge on any atom is 0.310 e. The van der Waals surface area contributed by atoms with Crippen LogP contribution in [0.2, 0.25) is 4.34 Å². The highest BCUT2D eigenvalue weighted by Gasteiger charge is 2.65. The molecule has 0 atom stereocenters. The van der Waals surface area contributed by atoms with Gasteiger partial charge >= 0.3 is 10.2 Å². The van der Waals surface area contributed by atoms with Crippen molar-refractivity contribution in [2.24, 2.45) is 0 Å². The van der Waals surface area contributed by atoms with E-state index in [1.165, 1.54) is 0 Å². The number of rotatable bonds is 2. The molecule has 0 aliphatic rings. The fourth-order valence-corrected chi connectivity index (χ4v) is 3.04. The van der Waals surface area contributed by atoms with E-state index in [1.807, 2.05) is 0 Å². The Bertz CT molecular complexity index is 585. The first-order chi connectivity index (χ1) is 7.95. The highest BCUT2D eigenvalue weighted by Crippen LogP contribution is 3.02. The van der Waals surface area contributed by atoms with Crippen LogP contribution in [0, 0.1) is 0 Å². The number of halogens is 6. The maximum absolute atomic E-state index is 12.5. The molecule has 0 saturated heterocycles. The summed E-state index contributed by atoms with van der Waals surface area (Å²) >= 11 is 6.84. The molecule has 2 rings (SSSR count). The Morgan fingerprint density at radius 1 is 0.833 bits per heavy atom. The Morgan fingerprint density at radius 2 is 1.39 bits per heavy atom. The molecule has 0 spiro atoms. The van der Waals surface area contributed by atoms with Gasteiger partial charge in [0, 0.05) is 4.88 Å². The van der Waals surface area contributed by atoms with Gasteiger partial charge in [-0.1, -0.05) is 43.2 Å². The Labute approximate surface area is 109 Å². The Kier molecular flexibility index (Phi) is 2.58. The topological polar surface area (TPSA) is 0 Å². The van der Waals surface area contributed by atoms with E-state index in [1.54, 1.807) is 12.1 Å². The molecular formula is C10H6ClF5S2. The smallest absolute Gasteiger partial charge is 0.123 e. The molecule has 0 amide bonds. The minimum Gasteiger partial charge on any atom is -0.123 e. The zero-order valence-electron chi connectivity index (χ0n) is 8.55. The van der Waals surface area contributed by atoms with E-state index < -0.39 is 15.1 Å². The molecule has 0 aliphatic heterocycles. The number of benzene rings is 1. The van der Waals surface area contributed by atoms with E-state index in [-0.39, 0.29) is 0 Å². The van der Waals surface area contributed by atoms with Gasteiger partial charge in [0.2, 0.25) is 0 Å². The molecule has 8 heteroatoms. The van der Waals surface area contributed by atoms with Crippen LogP contribution in [0.5, 0.6) is 0 Å². The van der Waals surface area contributed by atoms with E-state index in [9.17, 15) is 19.4 Å². The van der Waals surface area contributed by atoms with E-state index in [4.69, 9.17) is 11.6 Å². The normalized spacial score (nSPS) is 16.1. The van der Waals surface area contributed by atoms with Crippen molar-refractivity contribution in [2.45, 2.75) is 4.90 Å². The lowest BCUT2D eigenvalue weighted by Crippen LogP contribution is -2.05. The van der Waals surface area contributed by atoms with Gasteiger partial charge in [-0.05, 0) is 29.8 Å². The first kappa shape index (κ1) is 13.6. The lowest BCUT2D eigenvalue weighted by atomic mass is 10.2. The molecule has 2 aromatic rings. The van der Waals surface area contributed by atoms with Gasteiger partial charge in [-0.3, -0.25) is 0 Å². The molecule has 0 fully saturated rings. The summed E-state index contributed by atoms with van der Waals surface area (Å²) in [4.78, 5) is -1.27. The second-order valence-electron chi connectivity index (χ2n) is 3.60. The van der Waals surface area contributed by atoms with Crippen molar-refractivity contribution in [3.05, 3.63) is 40.7 Å². The number of hydrogen-bond acceptors (Lipinski definition) is 1. The molecule has 100 valence electrons. The third-order valence-corrected chi connectivity index (χ3v) is 4.60. The molecule has 1 heterocycles. The molecule has 18 heavy (non-hydrogen) atoms. The van der Waals surface area contributed by atoms with Crippen molar-refractivity contribution in [3.8, 4) is 10.4 Å². The summed E-state index contributed by atoms with van der Waals surface area (Å²) in [6.45, 7) is 0. The van der Waals surface area contributed by atoms with Crippen LogP contribution >= 0.6 is 33.2 Å². The van der Waals surface area contributed by atoms with Crippen molar-refractivity contribution < 1.29 is 19.4 Å². The summed E-state index contributed by atoms with van der Waals surface area (Å²) in [6.07, 6.45) is 0. The van der Waals surface area contributed by atoms with Crippen molar-refractivity contribution in [2.75, 3.05) is 0 Å². The van der Waals surface area contributed by atoms with Gasteiger partial charge in [-0.2, -0.15) is 0 Å². The van der Waals surface area contributed by atoms with Gasteiger partial charge in [0.25, 0.3) is 0 Å². The fraction of sp³-hybridized carbons (Fsp3) is 0. The molecular weight excluding hydrogens is 315 g/mol. The number of thiophene rings is 1.